The van der Waals surface area contributed by atoms with E-state index >= 15 is 0 Å². The molecule has 1 N–H and O–H groups in total. The zero-order valence-corrected chi connectivity index (χ0v) is 13.7. The van der Waals surface area contributed by atoms with Crippen molar-refractivity contribution in [1.29, 1.82) is 0 Å². The van der Waals surface area contributed by atoms with Crippen LogP contribution in [-0.2, 0) is 17.9 Å². The van der Waals surface area contributed by atoms with Crippen molar-refractivity contribution in [3.63, 3.8) is 0 Å². The Bertz CT molecular complexity index is 1050. The van der Waals surface area contributed by atoms with Crippen molar-refractivity contribution >= 4 is 22.5 Å². The van der Waals surface area contributed by atoms with Crippen molar-refractivity contribution in [2.45, 2.75) is 13.1 Å². The van der Waals surface area contributed by atoms with Gasteiger partial charge >= 0.3 is 0 Å². The molecule has 7 nitrogen and oxygen atoms in total. The molecule has 25 heavy (non-hydrogen) atoms. The van der Waals surface area contributed by atoms with Gasteiger partial charge in [-0.1, -0.05) is 12.1 Å². The summed E-state index contributed by atoms with van der Waals surface area (Å²) < 4.78 is 9.11. The van der Waals surface area contributed by atoms with E-state index in [-0.39, 0.29) is 12.5 Å². The lowest BCUT2D eigenvalue weighted by Crippen LogP contribution is -2.27. The van der Waals surface area contributed by atoms with Crippen LogP contribution in [0.5, 0.6) is 5.75 Å². The molecule has 4 aromatic rings. The predicted octanol–water partition coefficient (Wildman–Crippen LogP) is 2.01. The van der Waals surface area contributed by atoms with Crippen LogP contribution in [0.25, 0.3) is 16.6 Å². The van der Waals surface area contributed by atoms with Crippen LogP contribution in [0.1, 0.15) is 5.82 Å². The molecule has 7 heteroatoms. The number of ether oxygens (including phenoxy) is 1. The predicted molar refractivity (Wildman–Crippen MR) is 93.3 cm³/mol. The van der Waals surface area contributed by atoms with Crippen LogP contribution in [-0.4, -0.2) is 32.2 Å². The molecule has 3 heterocycles. The summed E-state index contributed by atoms with van der Waals surface area (Å²) in [6.07, 6.45) is 3.77. The zero-order chi connectivity index (χ0) is 17.2. The van der Waals surface area contributed by atoms with Crippen LogP contribution in [0.2, 0.25) is 0 Å². The van der Waals surface area contributed by atoms with E-state index in [2.05, 4.69) is 15.5 Å². The largest absolute Gasteiger partial charge is 0.496 e. The minimum absolute atomic E-state index is 0.0898. The number of pyridine rings is 1. The molecule has 0 fully saturated rings. The molecule has 1 amide bonds. The second-order valence-corrected chi connectivity index (χ2v) is 5.66. The highest BCUT2D eigenvalue weighted by Crippen LogP contribution is 2.26. The van der Waals surface area contributed by atoms with Crippen LogP contribution >= 0.6 is 0 Å². The highest BCUT2D eigenvalue weighted by molar-refractivity contribution is 5.88. The summed E-state index contributed by atoms with van der Waals surface area (Å²) in [5.74, 6) is 1.41. The van der Waals surface area contributed by atoms with E-state index < -0.39 is 0 Å². The second kappa shape index (κ2) is 6.27. The van der Waals surface area contributed by atoms with Gasteiger partial charge in [0.15, 0.2) is 11.5 Å². The Kier molecular flexibility index (Phi) is 3.81. The molecule has 0 aliphatic heterocycles. The first-order valence-corrected chi connectivity index (χ1v) is 7.93. The molecular weight excluding hydrogens is 318 g/mol. The molecule has 0 saturated heterocycles. The van der Waals surface area contributed by atoms with E-state index in [0.717, 1.165) is 22.3 Å². The molecule has 0 aliphatic rings. The Hall–Kier alpha value is -3.35. The maximum Gasteiger partial charge on any atom is 0.240 e. The van der Waals surface area contributed by atoms with E-state index in [1.54, 1.807) is 7.11 Å². The van der Waals surface area contributed by atoms with Gasteiger partial charge in [-0.25, -0.2) is 0 Å². The monoisotopic (exact) mass is 335 g/mol. The lowest BCUT2D eigenvalue weighted by Gasteiger charge is -2.08. The highest BCUT2D eigenvalue weighted by atomic mass is 16.5. The summed E-state index contributed by atoms with van der Waals surface area (Å²) in [7, 11) is 1.64. The first kappa shape index (κ1) is 15.2. The number of carbonyl (C=O) groups is 1. The first-order valence-electron chi connectivity index (χ1n) is 7.93. The van der Waals surface area contributed by atoms with E-state index in [9.17, 15) is 4.79 Å². The topological polar surface area (TPSA) is 73.4 Å². The number of methoxy groups -OCH3 is 1. The van der Waals surface area contributed by atoms with Gasteiger partial charge in [-0.15, -0.1) is 10.2 Å². The van der Waals surface area contributed by atoms with Crippen LogP contribution in [0, 0.1) is 0 Å². The van der Waals surface area contributed by atoms with Gasteiger partial charge in [0, 0.05) is 17.8 Å². The van der Waals surface area contributed by atoms with E-state index in [4.69, 9.17) is 4.74 Å². The molecule has 0 spiro atoms. The fraction of sp³-hybridized carbons (Fsp3) is 0.167. The van der Waals surface area contributed by atoms with Gasteiger partial charge in [0.25, 0.3) is 0 Å². The van der Waals surface area contributed by atoms with Gasteiger partial charge in [0.1, 0.15) is 12.3 Å². The molecule has 4 rings (SSSR count). The molecule has 0 aliphatic carbocycles. The van der Waals surface area contributed by atoms with Gasteiger partial charge in [-0.3, -0.25) is 9.20 Å². The zero-order valence-electron chi connectivity index (χ0n) is 13.7. The molecule has 0 saturated carbocycles. The van der Waals surface area contributed by atoms with Crippen LogP contribution in [0.3, 0.4) is 0 Å². The molecular formula is C18H17N5O2. The highest BCUT2D eigenvalue weighted by Gasteiger charge is 2.10. The first-order chi connectivity index (χ1) is 12.3. The average molecular weight is 335 g/mol. The summed E-state index contributed by atoms with van der Waals surface area (Å²) in [4.78, 5) is 12.3. The standard InChI is InChI=1S/C18H17N5O2/c1-25-15-6-4-5-14-13(15)8-10-22(14)12-18(24)19-11-17-21-20-16-7-2-3-9-23(16)17/h2-10H,11-12H2,1H3,(H,19,24). The van der Waals surface area contributed by atoms with Gasteiger partial charge in [-0.2, -0.15) is 0 Å². The molecule has 126 valence electrons. The third-order valence-corrected chi connectivity index (χ3v) is 4.14. The van der Waals surface area contributed by atoms with Gasteiger partial charge < -0.3 is 14.6 Å². The van der Waals surface area contributed by atoms with Crippen LogP contribution < -0.4 is 10.1 Å². The van der Waals surface area contributed by atoms with Crippen LogP contribution in [0.4, 0.5) is 0 Å². The lowest BCUT2D eigenvalue weighted by molar-refractivity contribution is -0.121. The number of nitrogens with one attached hydrogen (secondary N) is 1. The average Bonchev–Trinajstić information content (AvgIpc) is 3.24. The number of amides is 1. The smallest absolute Gasteiger partial charge is 0.240 e. The Morgan fingerprint density at radius 1 is 1.12 bits per heavy atom. The van der Waals surface area contributed by atoms with E-state index in [0.29, 0.717) is 12.4 Å². The molecule has 0 bridgehead atoms. The molecule has 0 atom stereocenters. The number of aromatic nitrogens is 4. The molecule has 0 radical (unpaired) electrons. The number of nitrogens with zero attached hydrogens (tertiary/aromatic N) is 4. The maximum absolute atomic E-state index is 12.3. The Labute approximate surface area is 143 Å². The second-order valence-electron chi connectivity index (χ2n) is 5.66. The summed E-state index contributed by atoms with van der Waals surface area (Å²) in [6.45, 7) is 0.555. The summed E-state index contributed by atoms with van der Waals surface area (Å²) in [5.41, 5.74) is 1.72. The fourth-order valence-corrected chi connectivity index (χ4v) is 2.91. The maximum atomic E-state index is 12.3. The van der Waals surface area contributed by atoms with Crippen molar-refractivity contribution in [2.24, 2.45) is 0 Å². The van der Waals surface area contributed by atoms with Crippen molar-refractivity contribution in [3.8, 4) is 5.75 Å². The van der Waals surface area contributed by atoms with Gasteiger partial charge in [0.2, 0.25) is 5.91 Å². The van der Waals surface area contributed by atoms with Crippen molar-refractivity contribution in [1.82, 2.24) is 24.5 Å². The number of benzene rings is 1. The van der Waals surface area contributed by atoms with Crippen molar-refractivity contribution in [3.05, 3.63) is 60.7 Å². The summed E-state index contributed by atoms with van der Waals surface area (Å²) >= 11 is 0. The van der Waals surface area contributed by atoms with Crippen LogP contribution in [0.15, 0.2) is 54.9 Å². The van der Waals surface area contributed by atoms with Gasteiger partial charge in [-0.05, 0) is 30.3 Å². The number of carbonyl (C=O) groups excluding carboxylic acids is 1. The number of rotatable bonds is 5. The van der Waals surface area contributed by atoms with Crippen molar-refractivity contribution < 1.29 is 9.53 Å². The number of fused-ring (bicyclic) bond motifs is 2. The third-order valence-electron chi connectivity index (χ3n) is 4.14. The number of hydrogen-bond donors (Lipinski definition) is 1. The third kappa shape index (κ3) is 2.80. The molecule has 3 aromatic heterocycles. The van der Waals surface area contributed by atoms with E-state index in [1.807, 2.05) is 63.8 Å². The Morgan fingerprint density at radius 2 is 2.04 bits per heavy atom. The Balaban J connectivity index is 1.48. The van der Waals surface area contributed by atoms with Crippen molar-refractivity contribution in [2.75, 3.05) is 7.11 Å². The molecule has 1 aromatic carbocycles. The minimum Gasteiger partial charge on any atom is -0.496 e. The Morgan fingerprint density at radius 3 is 2.92 bits per heavy atom. The SMILES string of the molecule is COc1cccc2c1ccn2CC(=O)NCc1nnc2ccccn12. The quantitative estimate of drug-likeness (QED) is 0.605. The summed E-state index contributed by atoms with van der Waals surface area (Å²) in [6, 6.07) is 13.4. The fourth-order valence-electron chi connectivity index (χ4n) is 2.91. The van der Waals surface area contributed by atoms with Gasteiger partial charge in [0.05, 0.1) is 19.2 Å². The minimum atomic E-state index is -0.0898. The summed E-state index contributed by atoms with van der Waals surface area (Å²) in [5, 5.41) is 12.1. The number of hydrogen-bond acceptors (Lipinski definition) is 4. The normalized spacial score (nSPS) is 11.1. The van der Waals surface area contributed by atoms with E-state index in [1.165, 1.54) is 0 Å². The molecule has 0 unspecified atom stereocenters. The lowest BCUT2D eigenvalue weighted by atomic mass is 10.2.